The molecule has 1 aromatic rings. The Balaban J connectivity index is 1.47. The third-order valence-corrected chi connectivity index (χ3v) is 6.12. The molecule has 1 aromatic carbocycles. The van der Waals surface area contributed by atoms with Crippen molar-refractivity contribution < 1.29 is 0 Å². The fourth-order valence-corrected chi connectivity index (χ4v) is 5.17. The van der Waals surface area contributed by atoms with Crippen LogP contribution in [0.4, 0.5) is 0 Å². The maximum absolute atomic E-state index is 3.69. The van der Waals surface area contributed by atoms with E-state index in [1.807, 2.05) is 0 Å². The van der Waals surface area contributed by atoms with Gasteiger partial charge < -0.3 is 5.32 Å². The van der Waals surface area contributed by atoms with Gasteiger partial charge in [0.1, 0.15) is 0 Å². The summed E-state index contributed by atoms with van der Waals surface area (Å²) in [5.74, 6) is 4.82. The average molecular weight is 255 g/mol. The molecular formula is C18H25N. The molecule has 3 aliphatic rings. The first-order valence-corrected chi connectivity index (χ1v) is 8.09. The normalized spacial score (nSPS) is 41.4. The standard InChI is InChI=1S/C18H25N/c1-19-18(16-10-12-7-8-14(16)9-12)17-11-15(17)13-5-3-2-4-6-13/h2-6,12,14-19H,7-11H2,1H3. The monoisotopic (exact) mass is 255 g/mol. The van der Waals surface area contributed by atoms with E-state index in [2.05, 4.69) is 42.7 Å². The molecule has 6 atom stereocenters. The Bertz CT molecular complexity index is 440. The number of fused-ring (bicyclic) bond motifs is 2. The van der Waals surface area contributed by atoms with Crippen LogP contribution in [0.15, 0.2) is 30.3 Å². The van der Waals surface area contributed by atoms with Gasteiger partial charge in [-0.25, -0.2) is 0 Å². The van der Waals surface area contributed by atoms with E-state index >= 15 is 0 Å². The van der Waals surface area contributed by atoms with Crippen LogP contribution in [0.3, 0.4) is 0 Å². The zero-order valence-corrected chi connectivity index (χ0v) is 11.9. The van der Waals surface area contributed by atoms with Crippen LogP contribution in [-0.2, 0) is 0 Å². The summed E-state index contributed by atoms with van der Waals surface area (Å²) in [7, 11) is 2.19. The van der Waals surface area contributed by atoms with Gasteiger partial charge >= 0.3 is 0 Å². The smallest absolute Gasteiger partial charge is 0.0129 e. The molecule has 0 heterocycles. The van der Waals surface area contributed by atoms with E-state index in [0.29, 0.717) is 0 Å². The zero-order chi connectivity index (χ0) is 12.8. The van der Waals surface area contributed by atoms with Crippen molar-refractivity contribution in [3.63, 3.8) is 0 Å². The van der Waals surface area contributed by atoms with Crippen molar-refractivity contribution in [3.05, 3.63) is 35.9 Å². The highest BCUT2D eigenvalue weighted by Gasteiger charge is 2.51. The van der Waals surface area contributed by atoms with Gasteiger partial charge in [0, 0.05) is 6.04 Å². The van der Waals surface area contributed by atoms with E-state index in [-0.39, 0.29) is 0 Å². The summed E-state index contributed by atoms with van der Waals surface area (Å²) < 4.78 is 0. The molecular weight excluding hydrogens is 230 g/mol. The summed E-state index contributed by atoms with van der Waals surface area (Å²) in [6.07, 6.45) is 7.48. The summed E-state index contributed by atoms with van der Waals surface area (Å²) in [6, 6.07) is 11.9. The largest absolute Gasteiger partial charge is 0.316 e. The van der Waals surface area contributed by atoms with Gasteiger partial charge in [-0.1, -0.05) is 36.8 Å². The lowest BCUT2D eigenvalue weighted by Gasteiger charge is -2.31. The van der Waals surface area contributed by atoms with Crippen molar-refractivity contribution in [2.75, 3.05) is 7.05 Å². The molecule has 3 fully saturated rings. The van der Waals surface area contributed by atoms with E-state index in [4.69, 9.17) is 0 Å². The van der Waals surface area contributed by atoms with Gasteiger partial charge in [-0.2, -0.15) is 0 Å². The Morgan fingerprint density at radius 3 is 2.47 bits per heavy atom. The van der Waals surface area contributed by atoms with Crippen LogP contribution in [0.2, 0.25) is 0 Å². The predicted molar refractivity (Wildman–Crippen MR) is 79.1 cm³/mol. The highest BCUT2D eigenvalue weighted by Crippen LogP contribution is 2.57. The minimum absolute atomic E-state index is 0.778. The maximum atomic E-state index is 3.69. The molecule has 0 spiro atoms. The second-order valence-corrected chi connectivity index (χ2v) is 7.07. The van der Waals surface area contributed by atoms with Crippen molar-refractivity contribution >= 4 is 0 Å². The molecule has 0 amide bonds. The second-order valence-electron chi connectivity index (χ2n) is 7.07. The molecule has 1 N–H and O–H groups in total. The molecule has 0 aliphatic heterocycles. The maximum Gasteiger partial charge on any atom is 0.0129 e. The van der Waals surface area contributed by atoms with Crippen molar-refractivity contribution in [2.24, 2.45) is 23.7 Å². The lowest BCUT2D eigenvalue weighted by molar-refractivity contribution is 0.235. The van der Waals surface area contributed by atoms with Gasteiger partial charge in [0.2, 0.25) is 0 Å². The number of hydrogen-bond acceptors (Lipinski definition) is 1. The summed E-state index contributed by atoms with van der Waals surface area (Å²) in [5.41, 5.74) is 1.57. The molecule has 6 unspecified atom stereocenters. The van der Waals surface area contributed by atoms with Crippen LogP contribution in [0.5, 0.6) is 0 Å². The number of benzene rings is 1. The van der Waals surface area contributed by atoms with E-state index in [1.165, 1.54) is 32.1 Å². The van der Waals surface area contributed by atoms with E-state index in [9.17, 15) is 0 Å². The Morgan fingerprint density at radius 1 is 1.00 bits per heavy atom. The van der Waals surface area contributed by atoms with Crippen LogP contribution in [-0.4, -0.2) is 13.1 Å². The van der Waals surface area contributed by atoms with E-state index in [0.717, 1.165) is 35.6 Å². The van der Waals surface area contributed by atoms with Crippen LogP contribution < -0.4 is 5.32 Å². The summed E-state index contributed by atoms with van der Waals surface area (Å²) in [5, 5.41) is 3.69. The summed E-state index contributed by atoms with van der Waals surface area (Å²) in [4.78, 5) is 0. The van der Waals surface area contributed by atoms with Gasteiger partial charge in [0.25, 0.3) is 0 Å². The molecule has 3 aliphatic carbocycles. The van der Waals surface area contributed by atoms with Gasteiger partial charge in [0.05, 0.1) is 0 Å². The van der Waals surface area contributed by atoms with E-state index < -0.39 is 0 Å². The van der Waals surface area contributed by atoms with Crippen molar-refractivity contribution in [3.8, 4) is 0 Å². The Hall–Kier alpha value is -0.820. The first kappa shape index (κ1) is 12.0. The van der Waals surface area contributed by atoms with E-state index in [1.54, 1.807) is 5.56 Å². The molecule has 1 nitrogen and oxygen atoms in total. The van der Waals surface area contributed by atoms with Gasteiger partial charge in [-0.15, -0.1) is 0 Å². The van der Waals surface area contributed by atoms with Crippen LogP contribution in [0, 0.1) is 23.7 Å². The first-order valence-electron chi connectivity index (χ1n) is 8.09. The van der Waals surface area contributed by atoms with Crippen LogP contribution in [0.1, 0.15) is 43.6 Å². The van der Waals surface area contributed by atoms with Gasteiger partial charge in [-0.05, 0) is 67.9 Å². The zero-order valence-electron chi connectivity index (χ0n) is 11.9. The molecule has 0 saturated heterocycles. The topological polar surface area (TPSA) is 12.0 Å². The third-order valence-electron chi connectivity index (χ3n) is 6.12. The molecule has 1 heteroatoms. The van der Waals surface area contributed by atoms with Crippen molar-refractivity contribution in [1.29, 1.82) is 0 Å². The fourth-order valence-electron chi connectivity index (χ4n) is 5.17. The highest BCUT2D eigenvalue weighted by atomic mass is 14.9. The average Bonchev–Trinajstić information content (AvgIpc) is 2.94. The number of nitrogens with one attached hydrogen (secondary N) is 1. The number of hydrogen-bond donors (Lipinski definition) is 1. The molecule has 0 aromatic heterocycles. The van der Waals surface area contributed by atoms with Crippen LogP contribution in [0.25, 0.3) is 0 Å². The van der Waals surface area contributed by atoms with Crippen LogP contribution >= 0.6 is 0 Å². The molecule has 19 heavy (non-hydrogen) atoms. The fraction of sp³-hybridized carbons (Fsp3) is 0.667. The number of rotatable bonds is 4. The Labute approximate surface area is 116 Å². The lowest BCUT2D eigenvalue weighted by Crippen LogP contribution is -2.38. The second kappa shape index (κ2) is 4.63. The minimum atomic E-state index is 0.778. The van der Waals surface area contributed by atoms with Crippen molar-refractivity contribution in [2.45, 2.75) is 44.1 Å². The lowest BCUT2D eigenvalue weighted by atomic mass is 9.80. The molecule has 102 valence electrons. The summed E-state index contributed by atoms with van der Waals surface area (Å²) in [6.45, 7) is 0. The van der Waals surface area contributed by atoms with Gasteiger partial charge in [-0.3, -0.25) is 0 Å². The molecule has 3 saturated carbocycles. The Kier molecular flexibility index (Phi) is 2.91. The third kappa shape index (κ3) is 2.03. The minimum Gasteiger partial charge on any atom is -0.316 e. The molecule has 0 radical (unpaired) electrons. The van der Waals surface area contributed by atoms with Crippen molar-refractivity contribution in [1.82, 2.24) is 5.32 Å². The quantitative estimate of drug-likeness (QED) is 0.862. The summed E-state index contributed by atoms with van der Waals surface area (Å²) >= 11 is 0. The molecule has 2 bridgehead atoms. The predicted octanol–water partition coefficient (Wildman–Crippen LogP) is 3.81. The molecule has 4 rings (SSSR count). The van der Waals surface area contributed by atoms with Gasteiger partial charge in [0.15, 0.2) is 0 Å². The highest BCUT2D eigenvalue weighted by molar-refractivity contribution is 5.27. The SMILES string of the molecule is CNC(C1CC2CCC1C2)C1CC1c1ccccc1. The first-order chi connectivity index (χ1) is 9.36. The Morgan fingerprint density at radius 2 is 1.84 bits per heavy atom.